The van der Waals surface area contributed by atoms with Crippen LogP contribution in [0.15, 0.2) is 24.3 Å². The van der Waals surface area contributed by atoms with E-state index in [0.29, 0.717) is 0 Å². The first-order chi connectivity index (χ1) is 7.80. The number of nitrogens with zero attached hydrogens (tertiary/aromatic N) is 1. The molecule has 0 unspecified atom stereocenters. The second-order valence-corrected chi connectivity index (χ2v) is 5.22. The van der Waals surface area contributed by atoms with Crippen molar-refractivity contribution in [2.24, 2.45) is 5.73 Å². The van der Waals surface area contributed by atoms with E-state index in [9.17, 15) is 0 Å². The second kappa shape index (κ2) is 3.77. The molecule has 86 valence electrons. The first-order valence-corrected chi connectivity index (χ1v) is 6.43. The third-order valence-electron chi connectivity index (χ3n) is 4.13. The van der Waals surface area contributed by atoms with Gasteiger partial charge in [0.05, 0.1) is 0 Å². The van der Waals surface area contributed by atoms with Crippen LogP contribution in [0.5, 0.6) is 0 Å². The largest absolute Gasteiger partial charge is 0.371 e. The van der Waals surface area contributed by atoms with E-state index in [1.165, 1.54) is 43.6 Å². The molecule has 1 saturated heterocycles. The van der Waals surface area contributed by atoms with Gasteiger partial charge in [-0.2, -0.15) is 0 Å². The van der Waals surface area contributed by atoms with Gasteiger partial charge < -0.3 is 10.6 Å². The summed E-state index contributed by atoms with van der Waals surface area (Å²) in [6, 6.07) is 8.74. The first-order valence-electron chi connectivity index (χ1n) is 6.43. The molecule has 0 spiro atoms. The lowest BCUT2D eigenvalue weighted by Crippen LogP contribution is -2.44. The Hall–Kier alpha value is -1.02. The molecule has 2 aliphatic rings. The Morgan fingerprint density at radius 3 is 2.31 bits per heavy atom. The Morgan fingerprint density at radius 1 is 1.00 bits per heavy atom. The highest BCUT2D eigenvalue weighted by atomic mass is 15.1. The van der Waals surface area contributed by atoms with Gasteiger partial charge in [0.1, 0.15) is 0 Å². The van der Waals surface area contributed by atoms with Crippen molar-refractivity contribution < 1.29 is 0 Å². The fourth-order valence-corrected chi connectivity index (χ4v) is 2.96. The molecule has 2 fully saturated rings. The van der Waals surface area contributed by atoms with Crippen LogP contribution >= 0.6 is 0 Å². The van der Waals surface area contributed by atoms with Crippen molar-refractivity contribution in [3.8, 4) is 0 Å². The molecule has 1 aliphatic heterocycles. The van der Waals surface area contributed by atoms with Crippen LogP contribution in [0.25, 0.3) is 0 Å². The van der Waals surface area contributed by atoms with Crippen LogP contribution in [-0.4, -0.2) is 13.1 Å². The van der Waals surface area contributed by atoms with E-state index >= 15 is 0 Å². The predicted octanol–water partition coefficient (Wildman–Crippen LogP) is 2.62. The van der Waals surface area contributed by atoms with Crippen LogP contribution in [0.2, 0.25) is 0 Å². The summed E-state index contributed by atoms with van der Waals surface area (Å²) in [7, 11) is 0. The van der Waals surface area contributed by atoms with E-state index in [0.717, 1.165) is 12.8 Å². The highest BCUT2D eigenvalue weighted by molar-refractivity contribution is 5.57. The van der Waals surface area contributed by atoms with Gasteiger partial charge in [-0.15, -0.1) is 0 Å². The average Bonchev–Trinajstić information content (AvgIpc) is 2.79. The highest BCUT2D eigenvalue weighted by Gasteiger charge is 2.36. The summed E-state index contributed by atoms with van der Waals surface area (Å²) in [5.74, 6) is 0. The highest BCUT2D eigenvalue weighted by Crippen LogP contribution is 2.43. The van der Waals surface area contributed by atoms with Crippen molar-refractivity contribution in [2.45, 2.75) is 37.6 Å². The molecular formula is C14H20N2. The van der Waals surface area contributed by atoms with Gasteiger partial charge in [0, 0.05) is 24.3 Å². The zero-order valence-corrected chi connectivity index (χ0v) is 9.78. The summed E-state index contributed by atoms with van der Waals surface area (Å²) in [6.07, 6.45) is 6.23. The molecule has 1 aliphatic carbocycles. The topological polar surface area (TPSA) is 29.3 Å². The maximum absolute atomic E-state index is 6.47. The number of nitrogens with two attached hydrogens (primary N) is 1. The Balaban J connectivity index is 1.97. The molecule has 0 amide bonds. The van der Waals surface area contributed by atoms with Gasteiger partial charge in [0.25, 0.3) is 0 Å². The van der Waals surface area contributed by atoms with Crippen molar-refractivity contribution >= 4 is 5.69 Å². The molecule has 2 nitrogen and oxygen atoms in total. The molecule has 1 heterocycles. The standard InChI is InChI=1S/C14H20N2/c15-14(8-5-9-14)12-6-1-2-7-13(12)16-10-3-4-11-16/h1-2,6-7H,3-5,8-11,15H2. The molecular weight excluding hydrogens is 196 g/mol. The van der Waals surface area contributed by atoms with Gasteiger partial charge in [-0.3, -0.25) is 0 Å². The number of anilines is 1. The minimum atomic E-state index is -0.0286. The average molecular weight is 216 g/mol. The second-order valence-electron chi connectivity index (χ2n) is 5.22. The molecule has 0 aromatic heterocycles. The van der Waals surface area contributed by atoms with Gasteiger partial charge in [-0.1, -0.05) is 18.2 Å². The van der Waals surface area contributed by atoms with Crippen molar-refractivity contribution in [3.05, 3.63) is 29.8 Å². The summed E-state index contributed by atoms with van der Waals surface area (Å²) in [5, 5.41) is 0. The molecule has 16 heavy (non-hydrogen) atoms. The third kappa shape index (κ3) is 1.52. The Kier molecular flexibility index (Phi) is 2.40. The SMILES string of the molecule is NC1(c2ccccc2N2CCCC2)CCC1. The van der Waals surface area contributed by atoms with Crippen LogP contribution in [-0.2, 0) is 5.54 Å². The monoisotopic (exact) mass is 216 g/mol. The lowest BCUT2D eigenvalue weighted by Gasteiger charge is -2.41. The van der Waals surface area contributed by atoms with Crippen LogP contribution in [0.3, 0.4) is 0 Å². The Bertz CT molecular complexity index is 376. The van der Waals surface area contributed by atoms with Crippen LogP contribution in [0, 0.1) is 0 Å². The summed E-state index contributed by atoms with van der Waals surface area (Å²) >= 11 is 0. The third-order valence-corrected chi connectivity index (χ3v) is 4.13. The number of hydrogen-bond acceptors (Lipinski definition) is 2. The lowest BCUT2D eigenvalue weighted by molar-refractivity contribution is 0.254. The Morgan fingerprint density at radius 2 is 1.69 bits per heavy atom. The number of benzene rings is 1. The Labute approximate surface area is 97.4 Å². The molecule has 1 aromatic carbocycles. The van der Waals surface area contributed by atoms with Gasteiger partial charge in [-0.05, 0) is 43.7 Å². The van der Waals surface area contributed by atoms with Crippen molar-refractivity contribution in [2.75, 3.05) is 18.0 Å². The molecule has 0 radical (unpaired) electrons. The van der Waals surface area contributed by atoms with Gasteiger partial charge in [-0.25, -0.2) is 0 Å². The van der Waals surface area contributed by atoms with Crippen LogP contribution in [0.4, 0.5) is 5.69 Å². The van der Waals surface area contributed by atoms with Crippen LogP contribution in [0.1, 0.15) is 37.7 Å². The normalized spacial score (nSPS) is 23.2. The van der Waals surface area contributed by atoms with E-state index in [1.807, 2.05) is 0 Å². The van der Waals surface area contributed by atoms with Crippen molar-refractivity contribution in [3.63, 3.8) is 0 Å². The number of rotatable bonds is 2. The predicted molar refractivity (Wildman–Crippen MR) is 67.6 cm³/mol. The molecule has 2 N–H and O–H groups in total. The van der Waals surface area contributed by atoms with E-state index in [-0.39, 0.29) is 5.54 Å². The lowest BCUT2D eigenvalue weighted by atomic mass is 9.72. The van der Waals surface area contributed by atoms with E-state index < -0.39 is 0 Å². The van der Waals surface area contributed by atoms with Gasteiger partial charge >= 0.3 is 0 Å². The van der Waals surface area contributed by atoms with Gasteiger partial charge in [0.15, 0.2) is 0 Å². The molecule has 1 aromatic rings. The first kappa shape index (κ1) is 10.2. The van der Waals surface area contributed by atoms with E-state index in [4.69, 9.17) is 5.73 Å². The smallest absolute Gasteiger partial charge is 0.0430 e. The quantitative estimate of drug-likeness (QED) is 0.823. The fraction of sp³-hybridized carbons (Fsp3) is 0.571. The van der Waals surface area contributed by atoms with E-state index in [1.54, 1.807) is 0 Å². The fourth-order valence-electron chi connectivity index (χ4n) is 2.96. The zero-order valence-electron chi connectivity index (χ0n) is 9.78. The summed E-state index contributed by atoms with van der Waals surface area (Å²) in [4.78, 5) is 2.50. The molecule has 1 saturated carbocycles. The number of hydrogen-bond donors (Lipinski definition) is 1. The zero-order chi connectivity index (χ0) is 11.0. The molecule has 0 bridgehead atoms. The number of para-hydroxylation sites is 1. The maximum Gasteiger partial charge on any atom is 0.0430 e. The van der Waals surface area contributed by atoms with Crippen LogP contribution < -0.4 is 10.6 Å². The van der Waals surface area contributed by atoms with E-state index in [2.05, 4.69) is 29.2 Å². The molecule has 3 rings (SSSR count). The van der Waals surface area contributed by atoms with Crippen molar-refractivity contribution in [1.82, 2.24) is 0 Å². The molecule has 0 atom stereocenters. The maximum atomic E-state index is 6.47. The minimum Gasteiger partial charge on any atom is -0.371 e. The minimum absolute atomic E-state index is 0.0286. The summed E-state index contributed by atoms with van der Waals surface area (Å²) in [5.41, 5.74) is 9.21. The van der Waals surface area contributed by atoms with Crippen molar-refractivity contribution in [1.29, 1.82) is 0 Å². The summed E-state index contributed by atoms with van der Waals surface area (Å²) in [6.45, 7) is 2.40. The van der Waals surface area contributed by atoms with Gasteiger partial charge in [0.2, 0.25) is 0 Å². The molecule has 2 heteroatoms. The summed E-state index contributed by atoms with van der Waals surface area (Å²) < 4.78 is 0.